The summed E-state index contributed by atoms with van der Waals surface area (Å²) in [5.41, 5.74) is 5.16. The van der Waals surface area contributed by atoms with Gasteiger partial charge in [-0.2, -0.15) is 0 Å². The molecule has 0 unspecified atom stereocenters. The van der Waals surface area contributed by atoms with Gasteiger partial charge in [0.15, 0.2) is 0 Å². The van der Waals surface area contributed by atoms with E-state index in [0.717, 1.165) is 22.3 Å². The molecule has 2 N–H and O–H groups in total. The Kier molecular flexibility index (Phi) is 4.55. The Balaban J connectivity index is 2.02. The third kappa shape index (κ3) is 2.86. The molecule has 0 aromatic heterocycles. The summed E-state index contributed by atoms with van der Waals surface area (Å²) in [6.07, 6.45) is 2.26. The van der Waals surface area contributed by atoms with E-state index in [0.29, 0.717) is 17.5 Å². The van der Waals surface area contributed by atoms with Crippen molar-refractivity contribution < 1.29 is 24.5 Å². The van der Waals surface area contributed by atoms with Gasteiger partial charge in [0.25, 0.3) is 0 Å². The van der Waals surface area contributed by atoms with E-state index in [-0.39, 0.29) is 23.5 Å². The molecule has 3 rings (SSSR count). The van der Waals surface area contributed by atoms with E-state index in [1.54, 1.807) is 24.3 Å². The van der Waals surface area contributed by atoms with Gasteiger partial charge in [-0.1, -0.05) is 24.3 Å². The number of carbonyl (C=O) groups excluding carboxylic acids is 1. The molecular weight excluding hydrogens is 332 g/mol. The highest BCUT2D eigenvalue weighted by atomic mass is 16.5. The van der Waals surface area contributed by atoms with Gasteiger partial charge in [0, 0.05) is 11.1 Å². The smallest absolute Gasteiger partial charge is 0.342 e. The van der Waals surface area contributed by atoms with Crippen LogP contribution in [0.15, 0.2) is 30.3 Å². The van der Waals surface area contributed by atoms with Crippen LogP contribution in [0.5, 0.6) is 5.75 Å². The molecule has 0 saturated carbocycles. The van der Waals surface area contributed by atoms with Gasteiger partial charge in [0.05, 0.1) is 5.56 Å². The number of hydrogen-bond donors (Lipinski definition) is 2. The van der Waals surface area contributed by atoms with Gasteiger partial charge >= 0.3 is 11.9 Å². The Morgan fingerprint density at radius 1 is 1.19 bits per heavy atom. The van der Waals surface area contributed by atoms with E-state index >= 15 is 0 Å². The van der Waals surface area contributed by atoms with Crippen LogP contribution in [0.1, 0.15) is 55.5 Å². The van der Waals surface area contributed by atoms with Crippen molar-refractivity contribution >= 4 is 17.5 Å². The van der Waals surface area contributed by atoms with Gasteiger partial charge in [0.2, 0.25) is 0 Å². The maximum absolute atomic E-state index is 11.9. The summed E-state index contributed by atoms with van der Waals surface area (Å²) in [6, 6.07) is 6.80. The molecule has 5 heteroatoms. The third-order valence-electron chi connectivity index (χ3n) is 5.04. The number of cyclic esters (lactones) is 1. The number of phenols is 1. The zero-order valence-electron chi connectivity index (χ0n) is 14.9. The van der Waals surface area contributed by atoms with Crippen molar-refractivity contribution in [1.82, 2.24) is 0 Å². The van der Waals surface area contributed by atoms with Crippen molar-refractivity contribution in [2.24, 2.45) is 0 Å². The molecule has 1 aliphatic heterocycles. The molecule has 134 valence electrons. The largest absolute Gasteiger partial charge is 0.507 e. The first-order valence-electron chi connectivity index (χ1n) is 8.33. The Hall–Kier alpha value is -3.08. The lowest BCUT2D eigenvalue weighted by Crippen LogP contribution is -2.03. The number of aromatic hydroxyl groups is 1. The van der Waals surface area contributed by atoms with Crippen LogP contribution < -0.4 is 0 Å². The second kappa shape index (κ2) is 6.67. The van der Waals surface area contributed by atoms with Crippen molar-refractivity contribution in [3.63, 3.8) is 0 Å². The molecular formula is C21H20O5. The highest BCUT2D eigenvalue weighted by Gasteiger charge is 2.30. The van der Waals surface area contributed by atoms with Crippen LogP contribution in [0.2, 0.25) is 0 Å². The molecule has 0 atom stereocenters. The molecule has 0 spiro atoms. The number of carboxylic acid groups (broad SMARTS) is 1. The van der Waals surface area contributed by atoms with Gasteiger partial charge in [-0.05, 0) is 55.5 Å². The van der Waals surface area contributed by atoms with E-state index in [2.05, 4.69) is 0 Å². The highest BCUT2D eigenvalue weighted by Crippen LogP contribution is 2.37. The van der Waals surface area contributed by atoms with Gasteiger partial charge in [-0.15, -0.1) is 0 Å². The highest BCUT2D eigenvalue weighted by molar-refractivity contribution is 5.97. The van der Waals surface area contributed by atoms with Crippen molar-refractivity contribution in [1.29, 1.82) is 0 Å². The monoisotopic (exact) mass is 352 g/mol. The quantitative estimate of drug-likeness (QED) is 0.812. The summed E-state index contributed by atoms with van der Waals surface area (Å²) in [7, 11) is 0. The van der Waals surface area contributed by atoms with E-state index in [1.807, 2.05) is 26.8 Å². The van der Waals surface area contributed by atoms with Crippen molar-refractivity contribution in [3.05, 3.63) is 69.3 Å². The molecule has 1 heterocycles. The zero-order chi connectivity index (χ0) is 19.0. The maximum Gasteiger partial charge on any atom is 0.342 e. The lowest BCUT2D eigenvalue weighted by atomic mass is 9.90. The number of benzene rings is 2. The minimum Gasteiger partial charge on any atom is -0.507 e. The normalized spacial score (nSPS) is 13.5. The standard InChI is InChI=1S/C21H20O5/c1-11(14-6-4-5-7-16(14)20(23)24)8-9-15-12(2)13(3)17-10-26-21(25)18(17)19(15)22/h4-8,22H,9-10H2,1-3H3,(H,23,24)/b11-8-. The lowest BCUT2D eigenvalue weighted by Gasteiger charge is -2.14. The van der Waals surface area contributed by atoms with E-state index in [4.69, 9.17) is 4.74 Å². The fourth-order valence-electron chi connectivity index (χ4n) is 3.35. The van der Waals surface area contributed by atoms with Crippen molar-refractivity contribution in [3.8, 4) is 5.75 Å². The fraction of sp³-hybridized carbons (Fsp3) is 0.238. The van der Waals surface area contributed by atoms with E-state index < -0.39 is 11.9 Å². The Morgan fingerprint density at radius 3 is 2.50 bits per heavy atom. The molecule has 1 aliphatic rings. The minimum absolute atomic E-state index is 0.0406. The number of ether oxygens (including phenoxy) is 1. The topological polar surface area (TPSA) is 83.8 Å². The molecule has 5 nitrogen and oxygen atoms in total. The summed E-state index contributed by atoms with van der Waals surface area (Å²) in [5.74, 6) is -1.52. The van der Waals surface area contributed by atoms with Gasteiger partial charge in [-0.3, -0.25) is 0 Å². The lowest BCUT2D eigenvalue weighted by molar-refractivity contribution is 0.0532. The summed E-state index contributed by atoms with van der Waals surface area (Å²) >= 11 is 0. The zero-order valence-corrected chi connectivity index (χ0v) is 14.9. The average molecular weight is 352 g/mol. The first-order chi connectivity index (χ1) is 12.3. The predicted octanol–water partition coefficient (Wildman–Crippen LogP) is 4.02. The molecule has 2 aromatic carbocycles. The maximum atomic E-state index is 11.9. The van der Waals surface area contributed by atoms with Crippen LogP contribution >= 0.6 is 0 Å². The number of phenolic OH excluding ortho intramolecular Hbond substituents is 1. The number of allylic oxidation sites excluding steroid dienone is 2. The van der Waals surface area contributed by atoms with Gasteiger partial charge in [0.1, 0.15) is 17.9 Å². The van der Waals surface area contributed by atoms with Crippen molar-refractivity contribution in [2.45, 2.75) is 33.8 Å². The number of esters is 1. The average Bonchev–Trinajstić information content (AvgIpc) is 3.01. The van der Waals surface area contributed by atoms with Crippen LogP contribution in [-0.2, 0) is 17.8 Å². The Labute approximate surface area is 151 Å². The summed E-state index contributed by atoms with van der Waals surface area (Å²) in [4.78, 5) is 23.3. The van der Waals surface area contributed by atoms with Crippen LogP contribution in [0.25, 0.3) is 5.57 Å². The molecule has 0 radical (unpaired) electrons. The number of hydrogen-bond acceptors (Lipinski definition) is 4. The van der Waals surface area contributed by atoms with E-state index in [1.165, 1.54) is 0 Å². The third-order valence-corrected chi connectivity index (χ3v) is 5.04. The second-order valence-electron chi connectivity index (χ2n) is 6.45. The van der Waals surface area contributed by atoms with Crippen LogP contribution in [0, 0.1) is 13.8 Å². The fourth-order valence-corrected chi connectivity index (χ4v) is 3.35. The molecule has 26 heavy (non-hydrogen) atoms. The number of carboxylic acids is 1. The van der Waals surface area contributed by atoms with Crippen LogP contribution in [-0.4, -0.2) is 22.2 Å². The minimum atomic E-state index is -0.983. The summed E-state index contributed by atoms with van der Waals surface area (Å²) < 4.78 is 5.05. The molecule has 0 amide bonds. The first-order valence-corrected chi connectivity index (χ1v) is 8.33. The SMILES string of the molecule is C/C(=C/Cc1c(C)c(C)c2c(c1O)C(=O)OC2)c1ccccc1C(=O)O. The Morgan fingerprint density at radius 2 is 1.85 bits per heavy atom. The first kappa shape index (κ1) is 17.7. The van der Waals surface area contributed by atoms with Gasteiger partial charge < -0.3 is 14.9 Å². The molecule has 0 bridgehead atoms. The van der Waals surface area contributed by atoms with E-state index in [9.17, 15) is 19.8 Å². The second-order valence-corrected chi connectivity index (χ2v) is 6.45. The van der Waals surface area contributed by atoms with Crippen LogP contribution in [0.4, 0.5) is 0 Å². The summed E-state index contributed by atoms with van der Waals surface area (Å²) in [6.45, 7) is 5.84. The molecule has 0 saturated heterocycles. The Bertz CT molecular complexity index is 953. The number of fused-ring (bicyclic) bond motifs is 1. The summed E-state index contributed by atoms with van der Waals surface area (Å²) in [5, 5.41) is 19.9. The molecule has 0 fully saturated rings. The number of carbonyl (C=O) groups is 2. The molecule has 0 aliphatic carbocycles. The molecule has 2 aromatic rings. The number of aromatic carboxylic acids is 1. The number of rotatable bonds is 4. The predicted molar refractivity (Wildman–Crippen MR) is 97.5 cm³/mol. The van der Waals surface area contributed by atoms with Crippen molar-refractivity contribution in [2.75, 3.05) is 0 Å². The van der Waals surface area contributed by atoms with Crippen LogP contribution in [0.3, 0.4) is 0 Å². The van der Waals surface area contributed by atoms with Gasteiger partial charge in [-0.25, -0.2) is 9.59 Å².